The molecule has 25 heavy (non-hydrogen) atoms. The van der Waals surface area contributed by atoms with E-state index in [1.54, 1.807) is 6.92 Å². The van der Waals surface area contributed by atoms with E-state index in [9.17, 15) is 14.7 Å². The quantitative estimate of drug-likeness (QED) is 0.337. The van der Waals surface area contributed by atoms with Gasteiger partial charge in [-0.25, -0.2) is 4.79 Å². The molecule has 9 nitrogen and oxygen atoms in total. The first-order chi connectivity index (χ1) is 11.8. The van der Waals surface area contributed by atoms with Crippen LogP contribution in [0.4, 0.5) is 11.4 Å². The number of ether oxygens (including phenoxy) is 3. The van der Waals surface area contributed by atoms with E-state index in [1.807, 2.05) is 0 Å². The van der Waals surface area contributed by atoms with Gasteiger partial charge in [-0.15, -0.1) is 10.2 Å². The first kappa shape index (κ1) is 19.9. The molecule has 0 aliphatic carbocycles. The zero-order chi connectivity index (χ0) is 19.0. The fourth-order valence-electron chi connectivity index (χ4n) is 1.81. The average Bonchev–Trinajstić information content (AvgIpc) is 2.54. The van der Waals surface area contributed by atoms with Crippen LogP contribution >= 0.6 is 0 Å². The monoisotopic (exact) mass is 351 g/mol. The highest BCUT2D eigenvalue weighted by Gasteiger charge is 2.16. The van der Waals surface area contributed by atoms with Gasteiger partial charge >= 0.3 is 5.97 Å². The van der Waals surface area contributed by atoms with Crippen LogP contribution in [-0.4, -0.2) is 37.8 Å². The summed E-state index contributed by atoms with van der Waals surface area (Å²) < 4.78 is 15.2. The third-order valence-corrected chi connectivity index (χ3v) is 2.88. The number of nitrogens with one attached hydrogen (secondary N) is 1. The van der Waals surface area contributed by atoms with Crippen molar-refractivity contribution in [3.05, 3.63) is 23.6 Å². The lowest BCUT2D eigenvalue weighted by atomic mass is 10.2. The maximum atomic E-state index is 11.8. The second-order valence-electron chi connectivity index (χ2n) is 4.76. The SMILES string of the molecule is CCOC(=O)/C(N=Nc1cc(OC)c(NC(C)=O)cc1OC)=C(\C)O. The van der Waals surface area contributed by atoms with Crippen molar-refractivity contribution in [3.8, 4) is 11.5 Å². The van der Waals surface area contributed by atoms with E-state index in [-0.39, 0.29) is 35.4 Å². The van der Waals surface area contributed by atoms with E-state index >= 15 is 0 Å². The molecule has 9 heteroatoms. The Morgan fingerprint density at radius 1 is 1.16 bits per heavy atom. The summed E-state index contributed by atoms with van der Waals surface area (Å²) in [5, 5.41) is 19.8. The number of carbonyl (C=O) groups excluding carboxylic acids is 2. The molecule has 136 valence electrons. The van der Waals surface area contributed by atoms with Gasteiger partial charge in [0.25, 0.3) is 0 Å². The van der Waals surface area contributed by atoms with Gasteiger partial charge in [0.05, 0.1) is 26.5 Å². The van der Waals surface area contributed by atoms with E-state index in [2.05, 4.69) is 15.5 Å². The number of rotatable bonds is 7. The third-order valence-electron chi connectivity index (χ3n) is 2.88. The molecular formula is C16H21N3O6. The summed E-state index contributed by atoms with van der Waals surface area (Å²) in [7, 11) is 2.84. The number of methoxy groups -OCH3 is 2. The molecule has 0 saturated carbocycles. The molecule has 0 fully saturated rings. The lowest BCUT2D eigenvalue weighted by Crippen LogP contribution is -2.08. The molecule has 0 aromatic heterocycles. The van der Waals surface area contributed by atoms with Crippen LogP contribution in [0, 0.1) is 0 Å². The Balaban J connectivity index is 3.29. The second kappa shape index (κ2) is 9.26. The number of aliphatic hydroxyl groups is 1. The van der Waals surface area contributed by atoms with E-state index < -0.39 is 5.97 Å². The minimum Gasteiger partial charge on any atom is -0.510 e. The summed E-state index contributed by atoms with van der Waals surface area (Å²) in [5.41, 5.74) is 0.301. The van der Waals surface area contributed by atoms with E-state index in [0.717, 1.165) is 0 Å². The van der Waals surface area contributed by atoms with Gasteiger partial charge in [-0.05, 0) is 13.8 Å². The molecule has 1 rings (SSSR count). The third kappa shape index (κ3) is 5.48. The number of nitrogens with zero attached hydrogens (tertiary/aromatic N) is 2. The van der Waals surface area contributed by atoms with E-state index in [0.29, 0.717) is 11.4 Å². The molecule has 0 unspecified atom stereocenters. The Labute approximate surface area is 145 Å². The smallest absolute Gasteiger partial charge is 0.362 e. The van der Waals surface area contributed by atoms with Crippen molar-refractivity contribution in [3.63, 3.8) is 0 Å². The van der Waals surface area contributed by atoms with Crippen LogP contribution in [0.15, 0.2) is 33.8 Å². The van der Waals surface area contributed by atoms with Crippen LogP contribution < -0.4 is 14.8 Å². The fraction of sp³-hybridized carbons (Fsp3) is 0.375. The van der Waals surface area contributed by atoms with Gasteiger partial charge in [0.15, 0.2) is 0 Å². The van der Waals surface area contributed by atoms with Gasteiger partial charge in [-0.2, -0.15) is 0 Å². The van der Waals surface area contributed by atoms with Gasteiger partial charge in [-0.3, -0.25) is 4.79 Å². The highest BCUT2D eigenvalue weighted by Crippen LogP contribution is 2.38. The molecule has 1 aromatic carbocycles. The van der Waals surface area contributed by atoms with E-state index in [4.69, 9.17) is 14.2 Å². The number of anilines is 1. The largest absolute Gasteiger partial charge is 0.510 e. The number of hydrogen-bond acceptors (Lipinski definition) is 8. The molecule has 0 aliphatic heterocycles. The molecule has 0 spiro atoms. The molecule has 0 heterocycles. The second-order valence-corrected chi connectivity index (χ2v) is 4.76. The number of hydrogen-bond donors (Lipinski definition) is 2. The summed E-state index contributed by atoms with van der Waals surface area (Å²) >= 11 is 0. The summed E-state index contributed by atoms with van der Waals surface area (Å²) in [5.74, 6) is -0.798. The Morgan fingerprint density at radius 2 is 1.80 bits per heavy atom. The predicted molar refractivity (Wildman–Crippen MR) is 90.3 cm³/mol. The van der Waals surface area contributed by atoms with Crippen LogP contribution in [0.5, 0.6) is 11.5 Å². The predicted octanol–water partition coefficient (Wildman–Crippen LogP) is 3.10. The number of amides is 1. The number of allylic oxidation sites excluding steroid dienone is 1. The molecule has 1 aromatic rings. The maximum Gasteiger partial charge on any atom is 0.362 e. The van der Waals surface area contributed by atoms with Crippen molar-refractivity contribution in [2.24, 2.45) is 10.2 Å². The van der Waals surface area contributed by atoms with Gasteiger partial charge in [-0.1, -0.05) is 0 Å². The molecule has 1 amide bonds. The molecule has 0 radical (unpaired) electrons. The highest BCUT2D eigenvalue weighted by molar-refractivity contribution is 5.91. The highest BCUT2D eigenvalue weighted by atomic mass is 16.5. The fourth-order valence-corrected chi connectivity index (χ4v) is 1.81. The van der Waals surface area contributed by atoms with Crippen molar-refractivity contribution in [1.82, 2.24) is 0 Å². The molecule has 2 N–H and O–H groups in total. The first-order valence-electron chi connectivity index (χ1n) is 7.36. The van der Waals surface area contributed by atoms with Gasteiger partial charge in [0.1, 0.15) is 22.9 Å². The summed E-state index contributed by atoms with van der Waals surface area (Å²) in [6.07, 6.45) is 0. The Bertz CT molecular complexity index is 708. The summed E-state index contributed by atoms with van der Waals surface area (Å²) in [6, 6.07) is 2.98. The Kier molecular flexibility index (Phi) is 7.39. The van der Waals surface area contributed by atoms with Gasteiger partial charge in [0.2, 0.25) is 11.6 Å². The minimum atomic E-state index is -0.799. The molecule has 0 saturated heterocycles. The molecule has 0 atom stereocenters. The number of benzene rings is 1. The van der Waals surface area contributed by atoms with Crippen molar-refractivity contribution < 1.29 is 28.9 Å². The standard InChI is InChI=1S/C16H21N3O6/c1-6-25-16(22)15(9(2)20)19-18-12-8-13(23-4)11(17-10(3)21)7-14(12)24-5/h7-8,20H,6H2,1-5H3,(H,17,21)/b15-9-,19-18?. The average molecular weight is 351 g/mol. The van der Waals surface area contributed by atoms with Crippen molar-refractivity contribution in [2.45, 2.75) is 20.8 Å². The zero-order valence-corrected chi connectivity index (χ0v) is 14.7. The first-order valence-corrected chi connectivity index (χ1v) is 7.36. The number of aliphatic hydroxyl groups excluding tert-OH is 1. The maximum absolute atomic E-state index is 11.8. The lowest BCUT2D eigenvalue weighted by molar-refractivity contribution is -0.138. The molecule has 0 aliphatic rings. The number of carbonyl (C=O) groups is 2. The summed E-state index contributed by atoms with van der Waals surface area (Å²) in [6.45, 7) is 4.42. The van der Waals surface area contributed by atoms with Crippen LogP contribution in [0.1, 0.15) is 20.8 Å². The lowest BCUT2D eigenvalue weighted by Gasteiger charge is -2.12. The van der Waals surface area contributed by atoms with Gasteiger partial charge < -0.3 is 24.6 Å². The summed E-state index contributed by atoms with van der Waals surface area (Å²) in [4.78, 5) is 23.0. The van der Waals surface area contributed by atoms with Crippen LogP contribution in [0.25, 0.3) is 0 Å². The molecule has 0 bridgehead atoms. The molecular weight excluding hydrogens is 330 g/mol. The van der Waals surface area contributed by atoms with Crippen molar-refractivity contribution >= 4 is 23.3 Å². The van der Waals surface area contributed by atoms with Gasteiger partial charge in [0, 0.05) is 19.1 Å². The van der Waals surface area contributed by atoms with Crippen LogP contribution in [0.2, 0.25) is 0 Å². The van der Waals surface area contributed by atoms with E-state index in [1.165, 1.54) is 40.2 Å². The van der Waals surface area contributed by atoms with Crippen LogP contribution in [-0.2, 0) is 14.3 Å². The van der Waals surface area contributed by atoms with Crippen molar-refractivity contribution in [1.29, 1.82) is 0 Å². The number of azo groups is 1. The van der Waals surface area contributed by atoms with Crippen LogP contribution in [0.3, 0.4) is 0 Å². The normalized spacial score (nSPS) is 11.7. The topological polar surface area (TPSA) is 119 Å². The Hall–Kier alpha value is -3.10. The number of esters is 1. The van der Waals surface area contributed by atoms with Crippen molar-refractivity contribution in [2.75, 3.05) is 26.1 Å². The zero-order valence-electron chi connectivity index (χ0n) is 14.7. The minimum absolute atomic E-state index is 0.133. The Morgan fingerprint density at radius 3 is 2.28 bits per heavy atom.